The van der Waals surface area contributed by atoms with Crippen LogP contribution in [0.4, 0.5) is 0 Å². The summed E-state index contributed by atoms with van der Waals surface area (Å²) in [5, 5.41) is 0.719. The molecule has 2 aromatic rings. The number of rotatable bonds is 5. The van der Waals surface area contributed by atoms with Crippen molar-refractivity contribution in [1.82, 2.24) is 9.88 Å². The summed E-state index contributed by atoms with van der Waals surface area (Å²) in [6, 6.07) is 7.44. The lowest BCUT2D eigenvalue weighted by Gasteiger charge is -2.26. The van der Waals surface area contributed by atoms with Crippen LogP contribution in [0, 0.1) is 6.92 Å². The minimum absolute atomic E-state index is 0.209. The summed E-state index contributed by atoms with van der Waals surface area (Å²) in [4.78, 5) is 30.9. The van der Waals surface area contributed by atoms with Crippen molar-refractivity contribution in [3.8, 4) is 16.3 Å². The number of morpholine rings is 1. The average Bonchev–Trinajstić information content (AvgIpc) is 3.08. The summed E-state index contributed by atoms with van der Waals surface area (Å²) < 4.78 is 15.5. The number of thiazole rings is 1. The highest BCUT2D eigenvalue weighted by atomic mass is 32.1. The molecule has 1 aromatic carbocycles. The maximum absolute atomic E-state index is 12.3. The predicted molar refractivity (Wildman–Crippen MR) is 96.5 cm³/mol. The lowest BCUT2D eigenvalue weighted by molar-refractivity contribution is -0.138. The molecule has 1 aromatic heterocycles. The number of hydrogen-bond acceptors (Lipinski definition) is 7. The van der Waals surface area contributed by atoms with E-state index in [4.69, 9.17) is 14.2 Å². The Bertz CT molecular complexity index is 781. The molecule has 138 valence electrons. The van der Waals surface area contributed by atoms with Crippen LogP contribution in [0.15, 0.2) is 24.3 Å². The quantitative estimate of drug-likeness (QED) is 0.744. The Morgan fingerprint density at radius 2 is 1.92 bits per heavy atom. The zero-order chi connectivity index (χ0) is 18.5. The van der Waals surface area contributed by atoms with Gasteiger partial charge in [-0.2, -0.15) is 0 Å². The van der Waals surface area contributed by atoms with Gasteiger partial charge in [-0.1, -0.05) is 0 Å². The zero-order valence-electron chi connectivity index (χ0n) is 14.7. The highest BCUT2D eigenvalue weighted by molar-refractivity contribution is 7.17. The first-order chi connectivity index (χ1) is 12.6. The fourth-order valence-electron chi connectivity index (χ4n) is 2.54. The van der Waals surface area contributed by atoms with Gasteiger partial charge < -0.3 is 19.1 Å². The molecule has 0 saturated carbocycles. The molecule has 8 heteroatoms. The molecule has 0 bridgehead atoms. The molecule has 7 nitrogen and oxygen atoms in total. The van der Waals surface area contributed by atoms with Gasteiger partial charge in [0.1, 0.15) is 15.6 Å². The number of amides is 1. The van der Waals surface area contributed by atoms with Crippen molar-refractivity contribution in [3.63, 3.8) is 0 Å². The fourth-order valence-corrected chi connectivity index (χ4v) is 3.51. The monoisotopic (exact) mass is 376 g/mol. The van der Waals surface area contributed by atoms with Crippen LogP contribution in [-0.4, -0.2) is 61.8 Å². The van der Waals surface area contributed by atoms with E-state index in [1.54, 1.807) is 18.9 Å². The minimum Gasteiger partial charge on any atom is -0.497 e. The summed E-state index contributed by atoms with van der Waals surface area (Å²) in [6.45, 7) is 3.56. The highest BCUT2D eigenvalue weighted by Crippen LogP contribution is 2.29. The van der Waals surface area contributed by atoms with Crippen LogP contribution < -0.4 is 4.74 Å². The number of aryl methyl sites for hydroxylation is 1. The van der Waals surface area contributed by atoms with Crippen LogP contribution in [0.5, 0.6) is 5.75 Å². The maximum atomic E-state index is 12.3. The SMILES string of the molecule is COc1ccc(-c2nc(C)c(C(=O)OCC(=O)N3CCOCC3)s2)cc1. The van der Waals surface area contributed by atoms with Gasteiger partial charge in [0, 0.05) is 18.7 Å². The molecule has 0 unspecified atom stereocenters. The smallest absolute Gasteiger partial charge is 0.350 e. The van der Waals surface area contributed by atoms with Gasteiger partial charge in [0.25, 0.3) is 5.91 Å². The van der Waals surface area contributed by atoms with E-state index in [0.29, 0.717) is 36.9 Å². The fraction of sp³-hybridized carbons (Fsp3) is 0.389. The van der Waals surface area contributed by atoms with Crippen LogP contribution >= 0.6 is 11.3 Å². The molecule has 0 atom stereocenters. The Kier molecular flexibility index (Phi) is 5.85. The second-order valence-corrected chi connectivity index (χ2v) is 6.73. The van der Waals surface area contributed by atoms with Crippen molar-refractivity contribution in [1.29, 1.82) is 0 Å². The van der Waals surface area contributed by atoms with Gasteiger partial charge in [-0.05, 0) is 31.2 Å². The van der Waals surface area contributed by atoms with E-state index in [2.05, 4.69) is 4.98 Å². The van der Waals surface area contributed by atoms with Crippen molar-refractivity contribution in [3.05, 3.63) is 34.8 Å². The number of hydrogen-bond donors (Lipinski definition) is 0. The lowest BCUT2D eigenvalue weighted by Crippen LogP contribution is -2.42. The third kappa shape index (κ3) is 4.20. The molecule has 1 fully saturated rings. The number of methoxy groups -OCH3 is 1. The molecule has 0 aliphatic carbocycles. The van der Waals surface area contributed by atoms with E-state index in [1.165, 1.54) is 11.3 Å². The Morgan fingerprint density at radius 3 is 2.58 bits per heavy atom. The van der Waals surface area contributed by atoms with E-state index >= 15 is 0 Å². The van der Waals surface area contributed by atoms with Crippen molar-refractivity contribution >= 4 is 23.2 Å². The average molecular weight is 376 g/mol. The number of benzene rings is 1. The van der Waals surface area contributed by atoms with Crippen molar-refractivity contribution in [2.24, 2.45) is 0 Å². The van der Waals surface area contributed by atoms with Crippen LogP contribution in [0.25, 0.3) is 10.6 Å². The molecule has 1 saturated heterocycles. The van der Waals surface area contributed by atoms with Crippen LogP contribution in [0.3, 0.4) is 0 Å². The molecule has 0 radical (unpaired) electrons. The highest BCUT2D eigenvalue weighted by Gasteiger charge is 2.21. The largest absolute Gasteiger partial charge is 0.497 e. The van der Waals surface area contributed by atoms with Gasteiger partial charge in [-0.15, -0.1) is 11.3 Å². The number of carbonyl (C=O) groups excluding carboxylic acids is 2. The first-order valence-corrected chi connectivity index (χ1v) is 9.04. The molecule has 1 aliphatic rings. The first kappa shape index (κ1) is 18.3. The normalized spacial score (nSPS) is 14.2. The lowest BCUT2D eigenvalue weighted by atomic mass is 10.2. The number of aromatic nitrogens is 1. The predicted octanol–water partition coefficient (Wildman–Crippen LogP) is 2.14. The van der Waals surface area contributed by atoms with E-state index in [9.17, 15) is 9.59 Å². The number of carbonyl (C=O) groups is 2. The van der Waals surface area contributed by atoms with Crippen molar-refractivity contribution in [2.45, 2.75) is 6.92 Å². The number of nitrogens with zero attached hydrogens (tertiary/aromatic N) is 2. The zero-order valence-corrected chi connectivity index (χ0v) is 15.5. The van der Waals surface area contributed by atoms with E-state index < -0.39 is 5.97 Å². The number of ether oxygens (including phenoxy) is 3. The molecule has 0 N–H and O–H groups in total. The Hall–Kier alpha value is -2.45. The standard InChI is InChI=1S/C18H20N2O5S/c1-12-16(18(22)25-11-15(21)20-7-9-24-10-8-20)26-17(19-12)13-3-5-14(23-2)6-4-13/h3-6H,7-11H2,1-2H3. The van der Waals surface area contributed by atoms with E-state index in [1.807, 2.05) is 24.3 Å². The van der Waals surface area contributed by atoms with Gasteiger partial charge in [0.15, 0.2) is 6.61 Å². The topological polar surface area (TPSA) is 78.0 Å². The Morgan fingerprint density at radius 1 is 1.23 bits per heavy atom. The molecule has 3 rings (SSSR count). The van der Waals surface area contributed by atoms with Gasteiger partial charge in [0.2, 0.25) is 0 Å². The van der Waals surface area contributed by atoms with Gasteiger partial charge in [-0.25, -0.2) is 9.78 Å². The van der Waals surface area contributed by atoms with E-state index in [0.717, 1.165) is 16.3 Å². The molecule has 26 heavy (non-hydrogen) atoms. The maximum Gasteiger partial charge on any atom is 0.350 e. The Labute approximate surface area is 155 Å². The minimum atomic E-state index is -0.527. The van der Waals surface area contributed by atoms with Gasteiger partial charge in [0.05, 0.1) is 26.0 Å². The van der Waals surface area contributed by atoms with Crippen LogP contribution in [0.2, 0.25) is 0 Å². The van der Waals surface area contributed by atoms with Crippen LogP contribution in [0.1, 0.15) is 15.4 Å². The second-order valence-electron chi connectivity index (χ2n) is 5.73. The first-order valence-electron chi connectivity index (χ1n) is 8.23. The molecule has 0 spiro atoms. The third-order valence-corrected chi connectivity index (χ3v) is 5.20. The number of esters is 1. The van der Waals surface area contributed by atoms with Gasteiger partial charge >= 0.3 is 5.97 Å². The summed E-state index contributed by atoms with van der Waals surface area (Å²) >= 11 is 1.25. The van der Waals surface area contributed by atoms with Crippen molar-refractivity contribution in [2.75, 3.05) is 40.0 Å². The van der Waals surface area contributed by atoms with Crippen LogP contribution in [-0.2, 0) is 14.3 Å². The molecule has 1 amide bonds. The second kappa shape index (κ2) is 8.29. The van der Waals surface area contributed by atoms with Gasteiger partial charge in [-0.3, -0.25) is 4.79 Å². The Balaban J connectivity index is 1.64. The molecular weight excluding hydrogens is 356 g/mol. The molecule has 1 aliphatic heterocycles. The molecular formula is C18H20N2O5S. The summed E-state index contributed by atoms with van der Waals surface area (Å²) in [7, 11) is 1.61. The van der Waals surface area contributed by atoms with E-state index in [-0.39, 0.29) is 12.5 Å². The third-order valence-electron chi connectivity index (χ3n) is 4.01. The van der Waals surface area contributed by atoms with Crippen molar-refractivity contribution < 1.29 is 23.8 Å². The summed E-state index contributed by atoms with van der Waals surface area (Å²) in [5.41, 5.74) is 1.48. The summed E-state index contributed by atoms with van der Waals surface area (Å²) in [5.74, 6) is 0.0175. The molecule has 2 heterocycles. The summed E-state index contributed by atoms with van der Waals surface area (Å²) in [6.07, 6.45) is 0.